The molecular formula is C19H36O2. The number of aliphatic hydroxyl groups is 2. The summed E-state index contributed by atoms with van der Waals surface area (Å²) in [6, 6.07) is 0. The molecule has 0 aromatic heterocycles. The van der Waals surface area contributed by atoms with Crippen LogP contribution in [0.3, 0.4) is 0 Å². The first-order chi connectivity index (χ1) is 11.7. The zero-order valence-corrected chi connectivity index (χ0v) is 13.9. The molecule has 1 unspecified atom stereocenters. The smallest absolute Gasteiger partial charge is 0.0617 e. The topological polar surface area (TPSA) is 40.5 Å². The maximum absolute atomic E-state index is 10.5. The van der Waals surface area contributed by atoms with E-state index >= 15 is 0 Å². The van der Waals surface area contributed by atoms with Crippen molar-refractivity contribution in [2.45, 2.75) is 97.1 Å². The lowest BCUT2D eigenvalue weighted by molar-refractivity contribution is -0.0285. The molecule has 0 heterocycles. The van der Waals surface area contributed by atoms with Gasteiger partial charge in [-0.2, -0.15) is 0 Å². The summed E-state index contributed by atoms with van der Waals surface area (Å²) in [6.07, 6.45) is 4.11. The molecule has 0 radical (unpaired) electrons. The second-order valence-electron chi connectivity index (χ2n) is 8.02. The summed E-state index contributed by atoms with van der Waals surface area (Å²) in [5.41, 5.74) is -1.70. The van der Waals surface area contributed by atoms with E-state index in [9.17, 15) is 10.2 Å². The van der Waals surface area contributed by atoms with Crippen molar-refractivity contribution in [2.24, 2.45) is 23.2 Å². The van der Waals surface area contributed by atoms with E-state index in [1.165, 1.54) is 6.92 Å². The molecule has 2 N–H and O–H groups in total. The highest BCUT2D eigenvalue weighted by molar-refractivity contribution is 5.01. The molecule has 0 aliphatic heterocycles. The normalized spacial score (nSPS) is 45.4. The van der Waals surface area contributed by atoms with Gasteiger partial charge in [0.2, 0.25) is 0 Å². The van der Waals surface area contributed by atoms with Gasteiger partial charge in [0.15, 0.2) is 0 Å². The standard InChI is InChI=1S/C19H36O2/c1-5-18(3,21)12-6-8-14(2)15-10-11-16-17(20)9-7-13-19(15,16)4/h14-17,20-21H,5-13H2,1-4H3/t14-,15-,16+,17+,18?,19-/m1/s1/i1D3,5D2. The van der Waals surface area contributed by atoms with Gasteiger partial charge >= 0.3 is 0 Å². The van der Waals surface area contributed by atoms with Crippen LogP contribution in [0.15, 0.2) is 0 Å². The lowest BCUT2D eigenvalue weighted by Crippen LogP contribution is -2.41. The van der Waals surface area contributed by atoms with E-state index in [2.05, 4.69) is 13.8 Å². The summed E-state index contributed by atoms with van der Waals surface area (Å²) in [5, 5.41) is 20.8. The molecule has 2 aliphatic rings. The van der Waals surface area contributed by atoms with E-state index in [0.717, 1.165) is 38.5 Å². The predicted octanol–water partition coefficient (Wildman–Crippen LogP) is 4.53. The van der Waals surface area contributed by atoms with Crippen LogP contribution in [-0.2, 0) is 0 Å². The Morgan fingerprint density at radius 1 is 1.43 bits per heavy atom. The Hall–Kier alpha value is -0.0800. The minimum atomic E-state index is -2.84. The van der Waals surface area contributed by atoms with Gasteiger partial charge in [-0.15, -0.1) is 0 Å². The summed E-state index contributed by atoms with van der Waals surface area (Å²) in [6.45, 7) is 2.99. The number of hydrogen-bond donors (Lipinski definition) is 2. The van der Waals surface area contributed by atoms with Crippen molar-refractivity contribution in [1.29, 1.82) is 0 Å². The number of fused-ring (bicyclic) bond motifs is 1. The first-order valence-corrected chi connectivity index (χ1v) is 8.64. The van der Waals surface area contributed by atoms with Gasteiger partial charge in [0.25, 0.3) is 0 Å². The van der Waals surface area contributed by atoms with Crippen LogP contribution in [0.4, 0.5) is 0 Å². The van der Waals surface area contributed by atoms with Crippen LogP contribution in [0.5, 0.6) is 0 Å². The van der Waals surface area contributed by atoms with Gasteiger partial charge in [-0.25, -0.2) is 0 Å². The summed E-state index contributed by atoms with van der Waals surface area (Å²) in [5.74, 6) is 1.34. The third kappa shape index (κ3) is 3.64. The van der Waals surface area contributed by atoms with Crippen molar-refractivity contribution in [3.8, 4) is 0 Å². The van der Waals surface area contributed by atoms with Crippen LogP contribution < -0.4 is 0 Å². The van der Waals surface area contributed by atoms with Crippen molar-refractivity contribution in [3.63, 3.8) is 0 Å². The Balaban J connectivity index is 1.94. The van der Waals surface area contributed by atoms with E-state index in [4.69, 9.17) is 6.85 Å². The lowest BCUT2D eigenvalue weighted by Gasteiger charge is -2.45. The van der Waals surface area contributed by atoms with Crippen molar-refractivity contribution < 1.29 is 17.1 Å². The van der Waals surface area contributed by atoms with Crippen LogP contribution in [0.25, 0.3) is 0 Å². The molecule has 2 fully saturated rings. The van der Waals surface area contributed by atoms with Gasteiger partial charge in [0.05, 0.1) is 11.7 Å². The summed E-state index contributed by atoms with van der Waals surface area (Å²) in [7, 11) is 0. The highest BCUT2D eigenvalue weighted by Crippen LogP contribution is 2.58. The molecule has 2 nitrogen and oxygen atoms in total. The van der Waals surface area contributed by atoms with Crippen molar-refractivity contribution in [2.75, 3.05) is 0 Å². The fraction of sp³-hybridized carbons (Fsp3) is 1.00. The monoisotopic (exact) mass is 301 g/mol. The Morgan fingerprint density at radius 3 is 2.90 bits per heavy atom. The zero-order chi connectivity index (χ0) is 20.0. The molecule has 0 aromatic carbocycles. The minimum Gasteiger partial charge on any atom is -0.393 e. The van der Waals surface area contributed by atoms with Gasteiger partial charge in [-0.05, 0) is 68.6 Å². The first-order valence-electron chi connectivity index (χ1n) is 11.1. The molecule has 2 saturated carbocycles. The molecule has 0 spiro atoms. The third-order valence-corrected chi connectivity index (χ3v) is 6.44. The Kier molecular flexibility index (Phi) is 3.59. The van der Waals surface area contributed by atoms with Crippen LogP contribution in [-0.4, -0.2) is 21.9 Å². The third-order valence-electron chi connectivity index (χ3n) is 6.44. The maximum atomic E-state index is 10.5. The number of hydrogen-bond acceptors (Lipinski definition) is 2. The average Bonchev–Trinajstić information content (AvgIpc) is 2.84. The van der Waals surface area contributed by atoms with Crippen LogP contribution in [0.2, 0.25) is 0 Å². The summed E-state index contributed by atoms with van der Waals surface area (Å²) >= 11 is 0. The molecule has 6 atom stereocenters. The fourth-order valence-electron chi connectivity index (χ4n) is 5.16. The zero-order valence-electron chi connectivity index (χ0n) is 18.9. The molecular weight excluding hydrogens is 260 g/mol. The highest BCUT2D eigenvalue weighted by Gasteiger charge is 2.51. The molecule has 124 valence electrons. The second kappa shape index (κ2) is 6.58. The summed E-state index contributed by atoms with van der Waals surface area (Å²) in [4.78, 5) is 0. The molecule has 2 heteroatoms. The lowest BCUT2D eigenvalue weighted by atomic mass is 9.61. The predicted molar refractivity (Wildman–Crippen MR) is 88.1 cm³/mol. The Morgan fingerprint density at radius 2 is 2.19 bits per heavy atom. The van der Waals surface area contributed by atoms with E-state index in [-0.39, 0.29) is 17.9 Å². The average molecular weight is 302 g/mol. The van der Waals surface area contributed by atoms with E-state index in [1.54, 1.807) is 0 Å². The van der Waals surface area contributed by atoms with Crippen molar-refractivity contribution >= 4 is 0 Å². The molecule has 0 aromatic rings. The van der Waals surface area contributed by atoms with Gasteiger partial charge in [0.1, 0.15) is 0 Å². The minimum absolute atomic E-state index is 0.137. The van der Waals surface area contributed by atoms with E-state index in [0.29, 0.717) is 24.2 Å². The van der Waals surface area contributed by atoms with Crippen molar-refractivity contribution in [1.82, 2.24) is 0 Å². The highest BCUT2D eigenvalue weighted by atomic mass is 16.3. The van der Waals surface area contributed by atoms with Crippen LogP contribution in [0, 0.1) is 23.2 Å². The van der Waals surface area contributed by atoms with Gasteiger partial charge in [0, 0.05) is 6.85 Å². The van der Waals surface area contributed by atoms with Crippen LogP contribution in [0.1, 0.15) is 92.2 Å². The molecule has 2 rings (SSSR count). The van der Waals surface area contributed by atoms with Gasteiger partial charge in [-0.1, -0.05) is 40.0 Å². The largest absolute Gasteiger partial charge is 0.393 e. The number of aliphatic hydroxyl groups excluding tert-OH is 1. The molecule has 0 amide bonds. The fourth-order valence-corrected chi connectivity index (χ4v) is 5.16. The Labute approximate surface area is 138 Å². The quantitative estimate of drug-likeness (QED) is 0.756. The van der Waals surface area contributed by atoms with Gasteiger partial charge < -0.3 is 10.2 Å². The van der Waals surface area contributed by atoms with Gasteiger partial charge in [-0.3, -0.25) is 0 Å². The van der Waals surface area contributed by atoms with Crippen molar-refractivity contribution in [3.05, 3.63) is 0 Å². The first kappa shape index (κ1) is 11.5. The number of rotatable bonds is 6. The molecule has 21 heavy (non-hydrogen) atoms. The molecule has 2 aliphatic carbocycles. The Bertz CT molecular complexity index is 491. The molecule has 0 saturated heterocycles. The maximum Gasteiger partial charge on any atom is 0.0617 e. The SMILES string of the molecule is [2H]C([2H])([2H])C([2H])([2H])C(C)(O)CCC[C@@H](C)[C@H]1CC[C@H]2[C@@H](O)CCC[C@]12C. The molecule has 0 bridgehead atoms. The van der Waals surface area contributed by atoms with Crippen LogP contribution >= 0.6 is 0 Å². The van der Waals surface area contributed by atoms with E-state index in [1.807, 2.05) is 0 Å². The van der Waals surface area contributed by atoms with E-state index < -0.39 is 18.8 Å². The second-order valence-corrected chi connectivity index (χ2v) is 8.02. The summed E-state index contributed by atoms with van der Waals surface area (Å²) < 4.78 is 37.8.